The molecule has 0 atom stereocenters. The summed E-state index contributed by atoms with van der Waals surface area (Å²) in [5, 5.41) is 24.0. The molecule has 6 aromatic rings. The van der Waals surface area contributed by atoms with Crippen LogP contribution in [0, 0.1) is 17.5 Å². The number of halogens is 3. The highest BCUT2D eigenvalue weighted by Gasteiger charge is 2.48. The van der Waals surface area contributed by atoms with Gasteiger partial charge in [-0.05, 0) is 83.6 Å². The number of amides is 2. The van der Waals surface area contributed by atoms with E-state index in [2.05, 4.69) is 10.6 Å². The van der Waals surface area contributed by atoms with Crippen molar-refractivity contribution in [3.8, 4) is 17.2 Å². The molecule has 6 aliphatic rings. The number of carbonyl (C=O) groups excluding carboxylic acids is 4. The minimum atomic E-state index is -1.47. The van der Waals surface area contributed by atoms with E-state index in [1.54, 1.807) is 13.8 Å². The summed E-state index contributed by atoms with van der Waals surface area (Å²) in [4.78, 5) is 73.1. The quantitative estimate of drug-likeness (QED) is 0.0864. The van der Waals surface area contributed by atoms with Gasteiger partial charge in [0.15, 0.2) is 20.4 Å². The number of hydrogen-bond donors (Lipinski definition) is 5. The monoisotopic (exact) mass is 1150 g/mol. The van der Waals surface area contributed by atoms with Crippen LogP contribution in [0.2, 0.25) is 0 Å². The first-order chi connectivity index (χ1) is 39.8. The van der Waals surface area contributed by atoms with Gasteiger partial charge in [-0.2, -0.15) is 0 Å². The number of carboxylic acid groups (broad SMARTS) is 2. The molecular formula is C61H58F3N3O16. The van der Waals surface area contributed by atoms with Crippen molar-refractivity contribution in [2.75, 3.05) is 33.6 Å². The standard InChI is InChI=1S/C21H20FNO5.C19H16FNO5.C12H15NO2.C9H7FO4/c1-2-27-20(25)21(9-13-5-3-4-6-14(13)10-21)23-19(24)17-8-16(22)7-15-11-26-12-28-18(15)17;20-14-5-13-9-25-10-26-16(13)15(6-14)17(22)21-19(18(23)24)7-11-3-1-2-4-12(11)8-19;1-2-15-11(14)12(13)7-9-5-3-4-6-10(9)8-12;10-6-1-5-3-13-4-14-8(5)7(2-6)9(11)12/h3-8H,2,9-12H2,1H3,(H,23,24);1-6H,7-10H2,(H,21,22)(H,23,24);3-6H,2,7-8,13H2,1H3;1-2H,3-4H2,(H,11,12). The second kappa shape index (κ2) is 25.1. The molecule has 83 heavy (non-hydrogen) atoms. The fraction of sp³-hybridized carbons (Fsp3) is 0.311. The van der Waals surface area contributed by atoms with E-state index < -0.39 is 63.8 Å². The first-order valence-corrected chi connectivity index (χ1v) is 26.4. The lowest BCUT2D eigenvalue weighted by molar-refractivity contribution is -0.150. The van der Waals surface area contributed by atoms with E-state index in [0.717, 1.165) is 51.6 Å². The van der Waals surface area contributed by atoms with Crippen LogP contribution >= 0.6 is 0 Å². The maximum atomic E-state index is 14.0. The summed E-state index contributed by atoms with van der Waals surface area (Å²) >= 11 is 0. The number of carbonyl (C=O) groups is 6. The van der Waals surface area contributed by atoms with Gasteiger partial charge in [0.1, 0.15) is 56.9 Å². The number of ether oxygens (including phenoxy) is 8. The summed E-state index contributed by atoms with van der Waals surface area (Å²) in [6.07, 6.45) is 2.14. The summed E-state index contributed by atoms with van der Waals surface area (Å²) in [7, 11) is 0. The highest BCUT2D eigenvalue weighted by Crippen LogP contribution is 2.37. The minimum absolute atomic E-state index is 0.00108. The number of hydrogen-bond acceptors (Lipinski definition) is 15. The number of esters is 2. The van der Waals surface area contributed by atoms with Crippen molar-refractivity contribution in [3.05, 3.63) is 193 Å². The molecule has 0 fully saturated rings. The van der Waals surface area contributed by atoms with Crippen LogP contribution in [0.4, 0.5) is 13.2 Å². The minimum Gasteiger partial charge on any atom is -0.479 e. The molecule has 6 aromatic carbocycles. The number of nitrogens with one attached hydrogen (secondary N) is 2. The molecule has 19 nitrogen and oxygen atoms in total. The second-order valence-electron chi connectivity index (χ2n) is 20.3. The van der Waals surface area contributed by atoms with Crippen LogP contribution in [0.5, 0.6) is 17.2 Å². The Balaban J connectivity index is 0.000000139. The van der Waals surface area contributed by atoms with Crippen molar-refractivity contribution in [3.63, 3.8) is 0 Å². The number of benzene rings is 6. The van der Waals surface area contributed by atoms with Gasteiger partial charge in [-0.1, -0.05) is 72.8 Å². The van der Waals surface area contributed by atoms with Crippen LogP contribution in [0.1, 0.15) is 95.0 Å². The predicted octanol–water partition coefficient (Wildman–Crippen LogP) is 7.00. The largest absolute Gasteiger partial charge is 0.479 e. The Morgan fingerprint density at radius 2 is 0.807 bits per heavy atom. The van der Waals surface area contributed by atoms with Crippen molar-refractivity contribution >= 4 is 35.7 Å². The lowest BCUT2D eigenvalue weighted by Crippen LogP contribution is -2.56. The van der Waals surface area contributed by atoms with Gasteiger partial charge in [0.05, 0.1) is 44.2 Å². The Morgan fingerprint density at radius 1 is 0.482 bits per heavy atom. The maximum absolute atomic E-state index is 14.0. The number of fused-ring (bicyclic) bond motifs is 6. The molecule has 0 saturated carbocycles. The van der Waals surface area contributed by atoms with E-state index in [1.807, 2.05) is 72.8 Å². The predicted molar refractivity (Wildman–Crippen MR) is 287 cm³/mol. The summed E-state index contributed by atoms with van der Waals surface area (Å²) in [6.45, 7) is 4.48. The van der Waals surface area contributed by atoms with Crippen molar-refractivity contribution in [1.82, 2.24) is 10.6 Å². The number of rotatable bonds is 10. The SMILES string of the molecule is CCOC(=O)C1(N)Cc2ccccc2C1.CCOC(=O)C1(NC(=O)c2cc(F)cc3c2OCOC3)Cc2ccccc2C1.O=C(NC1(C(=O)O)Cc2ccccc2C1)c1cc(F)cc2c1OCOC2.O=C(O)c1cc(F)cc2c1OCOC2. The molecule has 0 spiro atoms. The number of aliphatic carboxylic acids is 1. The molecule has 0 unspecified atom stereocenters. The zero-order valence-corrected chi connectivity index (χ0v) is 45.1. The van der Waals surface area contributed by atoms with Gasteiger partial charge in [0.25, 0.3) is 11.8 Å². The molecule has 0 saturated heterocycles. The smallest absolute Gasteiger partial charge is 0.339 e. The van der Waals surface area contributed by atoms with E-state index in [4.69, 9.17) is 48.7 Å². The Bertz CT molecular complexity index is 3430. The topological polar surface area (TPSA) is 267 Å². The van der Waals surface area contributed by atoms with Gasteiger partial charge < -0.3 is 64.5 Å². The third-order valence-electron chi connectivity index (χ3n) is 14.5. The molecule has 12 rings (SSSR count). The molecule has 6 N–H and O–H groups in total. The Kier molecular flexibility index (Phi) is 17.8. The summed E-state index contributed by atoms with van der Waals surface area (Å²) < 4.78 is 82.1. The zero-order valence-electron chi connectivity index (χ0n) is 45.1. The fourth-order valence-electron chi connectivity index (χ4n) is 10.7. The second-order valence-corrected chi connectivity index (χ2v) is 20.3. The zero-order chi connectivity index (χ0) is 59.1. The molecule has 0 radical (unpaired) electrons. The van der Waals surface area contributed by atoms with Crippen LogP contribution in [0.15, 0.2) is 109 Å². The molecule has 0 aromatic heterocycles. The van der Waals surface area contributed by atoms with E-state index >= 15 is 0 Å². The Morgan fingerprint density at radius 3 is 1.17 bits per heavy atom. The van der Waals surface area contributed by atoms with Gasteiger partial charge in [-0.15, -0.1) is 0 Å². The molecule has 0 bridgehead atoms. The third-order valence-corrected chi connectivity index (χ3v) is 14.5. The van der Waals surface area contributed by atoms with E-state index in [-0.39, 0.29) is 99.6 Å². The lowest BCUT2D eigenvalue weighted by atomic mass is 9.94. The van der Waals surface area contributed by atoms with Gasteiger partial charge in [-0.25, -0.2) is 27.6 Å². The summed E-state index contributed by atoms with van der Waals surface area (Å²) in [6, 6.07) is 29.8. The van der Waals surface area contributed by atoms with Gasteiger partial charge >= 0.3 is 23.9 Å². The van der Waals surface area contributed by atoms with Gasteiger partial charge in [0, 0.05) is 55.2 Å². The van der Waals surface area contributed by atoms with Crippen LogP contribution < -0.4 is 30.6 Å². The van der Waals surface area contributed by atoms with Crippen LogP contribution in [-0.2, 0) is 96.4 Å². The van der Waals surface area contributed by atoms with E-state index in [1.165, 1.54) is 18.2 Å². The molecule has 434 valence electrons. The first-order valence-electron chi connectivity index (χ1n) is 26.4. The average molecular weight is 1150 g/mol. The summed E-state index contributed by atoms with van der Waals surface area (Å²) in [5.41, 5.74) is 9.68. The van der Waals surface area contributed by atoms with Crippen molar-refractivity contribution in [2.24, 2.45) is 5.73 Å². The number of carboxylic acids is 2. The molecule has 3 aliphatic heterocycles. The fourth-order valence-corrected chi connectivity index (χ4v) is 10.7. The van der Waals surface area contributed by atoms with Crippen molar-refractivity contribution in [2.45, 2.75) is 88.8 Å². The molecule has 3 heterocycles. The summed E-state index contributed by atoms with van der Waals surface area (Å²) in [5.74, 6) is -5.47. The Labute approximate surface area is 473 Å². The van der Waals surface area contributed by atoms with Crippen molar-refractivity contribution in [1.29, 1.82) is 0 Å². The number of nitrogens with two attached hydrogens (primary N) is 1. The normalized spacial score (nSPS) is 16.4. The van der Waals surface area contributed by atoms with Crippen molar-refractivity contribution < 1.29 is 90.0 Å². The molecular weight excluding hydrogens is 1090 g/mol. The Hall–Kier alpha value is -8.83. The molecule has 22 heteroatoms. The maximum Gasteiger partial charge on any atom is 0.339 e. The number of aromatic carboxylic acids is 1. The van der Waals surface area contributed by atoms with Gasteiger partial charge in [-0.3, -0.25) is 14.4 Å². The molecule has 2 amide bonds. The van der Waals surface area contributed by atoms with Crippen LogP contribution in [0.3, 0.4) is 0 Å². The first kappa shape index (κ1) is 58.8. The highest BCUT2D eigenvalue weighted by molar-refractivity contribution is 6.02. The van der Waals surface area contributed by atoms with E-state index in [0.29, 0.717) is 49.0 Å². The molecule has 3 aliphatic carbocycles. The lowest BCUT2D eigenvalue weighted by Gasteiger charge is -2.29. The van der Waals surface area contributed by atoms with Gasteiger partial charge in [0.2, 0.25) is 0 Å². The third kappa shape index (κ3) is 13.0. The van der Waals surface area contributed by atoms with Crippen LogP contribution in [-0.4, -0.2) is 96.1 Å². The van der Waals surface area contributed by atoms with Crippen LogP contribution in [0.25, 0.3) is 0 Å². The average Bonchev–Trinajstić information content (AvgIpc) is 2.88. The van der Waals surface area contributed by atoms with E-state index in [9.17, 15) is 47.0 Å². The highest BCUT2D eigenvalue weighted by atomic mass is 19.1.